The molecule has 0 aromatic heterocycles. The summed E-state index contributed by atoms with van der Waals surface area (Å²) in [5.41, 5.74) is 2.77. The average molecular weight is 195 g/mol. The lowest BCUT2D eigenvalue weighted by Gasteiger charge is -2.19. The van der Waals surface area contributed by atoms with Crippen LogP contribution in [0.1, 0.15) is 51.4 Å². The number of nitrogens with two attached hydrogens (primary N) is 1. The molecule has 3 heteroatoms. The second-order valence-corrected chi connectivity index (χ2v) is 4.66. The highest BCUT2D eigenvalue weighted by Gasteiger charge is 2.23. The molecule has 3 nitrogen and oxygen atoms in total. The van der Waals surface area contributed by atoms with Crippen LogP contribution in [0.5, 0.6) is 0 Å². The molecule has 0 unspecified atom stereocenters. The maximum absolute atomic E-state index is 5.49. The van der Waals surface area contributed by atoms with Crippen molar-refractivity contribution in [2.75, 3.05) is 0 Å². The maximum atomic E-state index is 5.49. The predicted octanol–water partition coefficient (Wildman–Crippen LogP) is 1.98. The number of hydrogen-bond donors (Lipinski definition) is 2. The van der Waals surface area contributed by atoms with Gasteiger partial charge >= 0.3 is 0 Å². The molecule has 0 aromatic rings. The van der Waals surface area contributed by atoms with Crippen molar-refractivity contribution in [3.63, 3.8) is 0 Å². The highest BCUT2D eigenvalue weighted by molar-refractivity contribution is 5.82. The third-order valence-corrected chi connectivity index (χ3v) is 3.26. The summed E-state index contributed by atoms with van der Waals surface area (Å²) in [5.74, 6) is 7.40. The van der Waals surface area contributed by atoms with Crippen LogP contribution in [0.3, 0.4) is 0 Å². The SMILES string of the molecule is NNC(CC1CC1)=NC1CCCCC1. The van der Waals surface area contributed by atoms with Crippen molar-refractivity contribution in [2.45, 2.75) is 57.4 Å². The second-order valence-electron chi connectivity index (χ2n) is 4.66. The molecule has 2 aliphatic rings. The zero-order chi connectivity index (χ0) is 9.80. The van der Waals surface area contributed by atoms with E-state index in [1.54, 1.807) is 0 Å². The van der Waals surface area contributed by atoms with Gasteiger partial charge in [0.05, 0.1) is 6.04 Å². The Morgan fingerprint density at radius 3 is 2.43 bits per heavy atom. The van der Waals surface area contributed by atoms with Gasteiger partial charge in [0, 0.05) is 6.42 Å². The molecule has 0 atom stereocenters. The number of aliphatic imine (C=N–C) groups is 1. The molecular weight excluding hydrogens is 174 g/mol. The molecule has 14 heavy (non-hydrogen) atoms. The Labute approximate surface area is 86.1 Å². The van der Waals surface area contributed by atoms with Crippen molar-refractivity contribution in [1.29, 1.82) is 0 Å². The summed E-state index contributed by atoms with van der Waals surface area (Å²) >= 11 is 0. The van der Waals surface area contributed by atoms with Gasteiger partial charge in [-0.25, -0.2) is 5.84 Å². The summed E-state index contributed by atoms with van der Waals surface area (Å²) in [7, 11) is 0. The zero-order valence-electron chi connectivity index (χ0n) is 8.84. The van der Waals surface area contributed by atoms with Crippen LogP contribution in [0.2, 0.25) is 0 Å². The van der Waals surface area contributed by atoms with Crippen LogP contribution in [0.4, 0.5) is 0 Å². The Morgan fingerprint density at radius 2 is 1.86 bits per heavy atom. The second kappa shape index (κ2) is 4.78. The van der Waals surface area contributed by atoms with E-state index >= 15 is 0 Å². The molecule has 0 heterocycles. The van der Waals surface area contributed by atoms with Crippen molar-refractivity contribution in [3.8, 4) is 0 Å². The van der Waals surface area contributed by atoms with E-state index in [-0.39, 0.29) is 0 Å². The van der Waals surface area contributed by atoms with Crippen LogP contribution < -0.4 is 11.3 Å². The highest BCUT2D eigenvalue weighted by Crippen LogP contribution is 2.32. The molecule has 0 bridgehead atoms. The Bertz CT molecular complexity index is 203. The van der Waals surface area contributed by atoms with Gasteiger partial charge in [-0.05, 0) is 31.6 Å². The van der Waals surface area contributed by atoms with Crippen molar-refractivity contribution in [2.24, 2.45) is 16.8 Å². The first kappa shape index (κ1) is 9.97. The van der Waals surface area contributed by atoms with Gasteiger partial charge < -0.3 is 5.43 Å². The monoisotopic (exact) mass is 195 g/mol. The Morgan fingerprint density at radius 1 is 1.14 bits per heavy atom. The van der Waals surface area contributed by atoms with E-state index in [0.717, 1.165) is 18.2 Å². The Balaban J connectivity index is 1.83. The van der Waals surface area contributed by atoms with E-state index in [9.17, 15) is 0 Å². The van der Waals surface area contributed by atoms with E-state index in [4.69, 9.17) is 10.8 Å². The van der Waals surface area contributed by atoms with Crippen molar-refractivity contribution < 1.29 is 0 Å². The first-order valence-electron chi connectivity index (χ1n) is 5.92. The van der Waals surface area contributed by atoms with Gasteiger partial charge in [-0.3, -0.25) is 4.99 Å². The van der Waals surface area contributed by atoms with Crippen LogP contribution in [0.25, 0.3) is 0 Å². The predicted molar refractivity (Wildman–Crippen MR) is 59.0 cm³/mol. The number of hydrazine groups is 1. The zero-order valence-corrected chi connectivity index (χ0v) is 8.84. The number of rotatable bonds is 3. The molecule has 80 valence electrons. The van der Waals surface area contributed by atoms with Crippen LogP contribution in [0.15, 0.2) is 4.99 Å². The summed E-state index contributed by atoms with van der Waals surface area (Å²) in [6.45, 7) is 0. The van der Waals surface area contributed by atoms with E-state index in [1.165, 1.54) is 44.9 Å². The van der Waals surface area contributed by atoms with Crippen LogP contribution in [-0.2, 0) is 0 Å². The number of amidine groups is 1. The van der Waals surface area contributed by atoms with Gasteiger partial charge in [0.1, 0.15) is 5.84 Å². The summed E-state index contributed by atoms with van der Waals surface area (Å²) in [4.78, 5) is 4.71. The fourth-order valence-electron chi connectivity index (χ4n) is 2.17. The Kier molecular flexibility index (Phi) is 3.40. The van der Waals surface area contributed by atoms with Crippen LogP contribution in [-0.4, -0.2) is 11.9 Å². The number of hydrogen-bond acceptors (Lipinski definition) is 2. The minimum Gasteiger partial charge on any atom is -0.312 e. The molecule has 0 aliphatic heterocycles. The molecular formula is C11H21N3. The van der Waals surface area contributed by atoms with E-state index in [2.05, 4.69) is 5.43 Å². The average Bonchev–Trinajstić information content (AvgIpc) is 3.02. The van der Waals surface area contributed by atoms with E-state index in [1.807, 2.05) is 0 Å². The van der Waals surface area contributed by atoms with Gasteiger partial charge in [-0.1, -0.05) is 19.3 Å². The maximum Gasteiger partial charge on any atom is 0.111 e. The summed E-state index contributed by atoms with van der Waals surface area (Å²) in [5, 5.41) is 0. The number of nitrogens with one attached hydrogen (secondary N) is 1. The summed E-state index contributed by atoms with van der Waals surface area (Å²) in [6.07, 6.45) is 10.4. The minimum atomic E-state index is 0.550. The molecule has 0 spiro atoms. The highest BCUT2D eigenvalue weighted by atomic mass is 15.3. The smallest absolute Gasteiger partial charge is 0.111 e. The topological polar surface area (TPSA) is 50.4 Å². The Hall–Kier alpha value is -0.570. The van der Waals surface area contributed by atoms with Crippen LogP contribution >= 0.6 is 0 Å². The summed E-state index contributed by atoms with van der Waals surface area (Å²) < 4.78 is 0. The van der Waals surface area contributed by atoms with Gasteiger partial charge in [0.15, 0.2) is 0 Å². The van der Waals surface area contributed by atoms with Gasteiger partial charge in [0.25, 0.3) is 0 Å². The quantitative estimate of drug-likeness (QED) is 0.313. The fourth-order valence-corrected chi connectivity index (χ4v) is 2.17. The minimum absolute atomic E-state index is 0.550. The third-order valence-electron chi connectivity index (χ3n) is 3.26. The largest absolute Gasteiger partial charge is 0.312 e. The van der Waals surface area contributed by atoms with Crippen molar-refractivity contribution >= 4 is 5.84 Å². The molecule has 0 aromatic carbocycles. The molecule has 2 rings (SSSR count). The first-order chi connectivity index (χ1) is 6.88. The first-order valence-corrected chi connectivity index (χ1v) is 5.92. The molecule has 2 fully saturated rings. The van der Waals surface area contributed by atoms with Gasteiger partial charge in [-0.15, -0.1) is 0 Å². The van der Waals surface area contributed by atoms with Crippen molar-refractivity contribution in [3.05, 3.63) is 0 Å². The van der Waals surface area contributed by atoms with E-state index in [0.29, 0.717) is 6.04 Å². The normalized spacial score (nSPS) is 25.1. The van der Waals surface area contributed by atoms with Gasteiger partial charge in [-0.2, -0.15) is 0 Å². The van der Waals surface area contributed by atoms with Gasteiger partial charge in [0.2, 0.25) is 0 Å². The standard InChI is InChI=1S/C11H21N3/c12-14-11(8-9-6-7-9)13-10-4-2-1-3-5-10/h9-10H,1-8,12H2,(H,13,14). The lowest BCUT2D eigenvalue weighted by molar-refractivity contribution is 0.441. The van der Waals surface area contributed by atoms with Crippen molar-refractivity contribution in [1.82, 2.24) is 5.43 Å². The molecule has 3 N–H and O–H groups in total. The summed E-state index contributed by atoms with van der Waals surface area (Å²) in [6, 6.07) is 0.550. The lowest BCUT2D eigenvalue weighted by atomic mass is 9.96. The fraction of sp³-hybridized carbons (Fsp3) is 0.909. The van der Waals surface area contributed by atoms with Crippen LogP contribution in [0, 0.1) is 5.92 Å². The molecule has 0 saturated heterocycles. The molecule has 0 amide bonds. The van der Waals surface area contributed by atoms with E-state index < -0.39 is 0 Å². The molecule has 0 radical (unpaired) electrons. The third kappa shape index (κ3) is 2.98. The molecule has 2 saturated carbocycles. The number of nitrogens with zero attached hydrogens (tertiary/aromatic N) is 1. The molecule has 2 aliphatic carbocycles. The lowest BCUT2D eigenvalue weighted by Crippen LogP contribution is -2.32.